The number of hydrogen-bond donors (Lipinski definition) is 2. The van der Waals surface area contributed by atoms with E-state index < -0.39 is 6.04 Å². The molecule has 5 heteroatoms. The number of benzene rings is 2. The summed E-state index contributed by atoms with van der Waals surface area (Å²) in [5.41, 5.74) is 1.94. The third-order valence-corrected chi connectivity index (χ3v) is 4.55. The fourth-order valence-electron chi connectivity index (χ4n) is 3.06. The van der Waals surface area contributed by atoms with E-state index in [1.54, 1.807) is 0 Å². The van der Waals surface area contributed by atoms with Crippen molar-refractivity contribution in [1.29, 1.82) is 0 Å². The molecular weight excluding hydrogens is 338 g/mol. The van der Waals surface area contributed by atoms with Gasteiger partial charge in [-0.05, 0) is 24.1 Å². The predicted octanol–water partition coefficient (Wildman–Crippen LogP) is 3.90. The quantitative estimate of drug-likeness (QED) is 0.699. The van der Waals surface area contributed by atoms with Crippen molar-refractivity contribution in [2.24, 2.45) is 0 Å². The van der Waals surface area contributed by atoms with Gasteiger partial charge in [0.1, 0.15) is 6.04 Å². The number of carbonyl (C=O) groups excluding carboxylic acids is 2. The summed E-state index contributed by atoms with van der Waals surface area (Å²) < 4.78 is 0. The van der Waals surface area contributed by atoms with Crippen LogP contribution in [-0.4, -0.2) is 35.5 Å². The normalized spacial score (nSPS) is 18.0. The first-order valence-electron chi connectivity index (χ1n) is 9.35. The minimum atomic E-state index is -0.630. The number of imide groups is 1. The second-order valence-corrected chi connectivity index (χ2v) is 6.58. The molecule has 0 radical (unpaired) electrons. The van der Waals surface area contributed by atoms with Crippen molar-refractivity contribution in [2.75, 3.05) is 11.9 Å². The highest BCUT2D eigenvalue weighted by molar-refractivity contribution is 6.05. The van der Waals surface area contributed by atoms with Gasteiger partial charge < -0.3 is 10.6 Å². The Kier molecular flexibility index (Phi) is 6.26. The number of unbranched alkanes of at least 4 members (excludes halogenated alkanes) is 1. The number of nitrogens with one attached hydrogen (secondary N) is 2. The van der Waals surface area contributed by atoms with E-state index in [0.29, 0.717) is 6.54 Å². The lowest BCUT2D eigenvalue weighted by molar-refractivity contribution is -0.127. The molecule has 1 fully saturated rings. The largest absolute Gasteiger partial charge is 0.376 e. The molecule has 0 aliphatic carbocycles. The van der Waals surface area contributed by atoms with Crippen molar-refractivity contribution < 1.29 is 9.59 Å². The van der Waals surface area contributed by atoms with Crippen LogP contribution in [0, 0.1) is 0 Å². The van der Waals surface area contributed by atoms with Gasteiger partial charge in [-0.2, -0.15) is 0 Å². The number of carbonyl (C=O) groups is 2. The highest BCUT2D eigenvalue weighted by atomic mass is 16.2. The Labute approximate surface area is 160 Å². The smallest absolute Gasteiger partial charge is 0.324 e. The Morgan fingerprint density at radius 1 is 1.07 bits per heavy atom. The molecule has 2 atom stereocenters. The molecule has 3 amide bonds. The lowest BCUT2D eigenvalue weighted by Crippen LogP contribution is -2.44. The average molecular weight is 363 g/mol. The fourth-order valence-corrected chi connectivity index (χ4v) is 3.06. The molecule has 1 aliphatic rings. The van der Waals surface area contributed by atoms with Crippen molar-refractivity contribution in [2.45, 2.75) is 31.8 Å². The maximum absolute atomic E-state index is 12.8. The van der Waals surface area contributed by atoms with Gasteiger partial charge in [0.15, 0.2) is 0 Å². The maximum Gasteiger partial charge on any atom is 0.324 e. The van der Waals surface area contributed by atoms with Gasteiger partial charge >= 0.3 is 6.03 Å². The maximum atomic E-state index is 12.8. The summed E-state index contributed by atoms with van der Waals surface area (Å²) in [4.78, 5) is 26.4. The van der Waals surface area contributed by atoms with Gasteiger partial charge in [0.25, 0.3) is 5.91 Å². The first-order valence-corrected chi connectivity index (χ1v) is 9.35. The number of anilines is 1. The van der Waals surface area contributed by atoms with E-state index in [4.69, 9.17) is 0 Å². The van der Waals surface area contributed by atoms with Gasteiger partial charge in [0, 0.05) is 12.2 Å². The Bertz CT molecular complexity index is 790. The number of para-hydroxylation sites is 1. The summed E-state index contributed by atoms with van der Waals surface area (Å²) >= 11 is 0. The summed E-state index contributed by atoms with van der Waals surface area (Å²) in [7, 11) is 0. The lowest BCUT2D eigenvalue weighted by atomic mass is 10.1. The van der Waals surface area contributed by atoms with E-state index in [0.717, 1.165) is 24.1 Å². The Balaban J connectivity index is 1.82. The van der Waals surface area contributed by atoms with Crippen LogP contribution < -0.4 is 10.6 Å². The van der Waals surface area contributed by atoms with Gasteiger partial charge in [-0.3, -0.25) is 9.69 Å². The first kappa shape index (κ1) is 18.7. The van der Waals surface area contributed by atoms with Crippen LogP contribution in [0.1, 0.15) is 25.3 Å². The lowest BCUT2D eigenvalue weighted by Gasteiger charge is -2.21. The van der Waals surface area contributed by atoms with Crippen molar-refractivity contribution >= 4 is 23.7 Å². The van der Waals surface area contributed by atoms with Gasteiger partial charge in [-0.25, -0.2) is 4.79 Å². The van der Waals surface area contributed by atoms with E-state index in [-0.39, 0.29) is 18.0 Å². The molecule has 1 heterocycles. The molecule has 0 spiro atoms. The van der Waals surface area contributed by atoms with Gasteiger partial charge in [0.05, 0.1) is 6.04 Å². The summed E-state index contributed by atoms with van der Waals surface area (Å²) in [5, 5.41) is 6.21. The molecule has 0 unspecified atom stereocenters. The van der Waals surface area contributed by atoms with E-state index >= 15 is 0 Å². The molecule has 3 rings (SSSR count). The Hall–Kier alpha value is -3.08. The molecule has 27 heavy (non-hydrogen) atoms. The van der Waals surface area contributed by atoms with E-state index in [9.17, 15) is 9.59 Å². The highest BCUT2D eigenvalue weighted by Gasteiger charge is 2.41. The second kappa shape index (κ2) is 9.03. The standard InChI is InChI=1S/C22H25N3O2/c1-2-3-16-25-21(26)20(24-22(25)27)19(23-18-12-8-5-9-13-18)15-14-17-10-6-4-7-11-17/h4-15,19-20,23H,2-3,16H2,1H3,(H,24,27)/b15-14+/t19-,20-/m1/s1. The molecule has 0 aromatic heterocycles. The summed E-state index contributed by atoms with van der Waals surface area (Å²) in [6, 6.07) is 18.3. The minimum absolute atomic E-state index is 0.181. The molecule has 2 aromatic rings. The third-order valence-electron chi connectivity index (χ3n) is 4.55. The molecule has 5 nitrogen and oxygen atoms in total. The molecule has 2 N–H and O–H groups in total. The number of rotatable bonds is 8. The van der Waals surface area contributed by atoms with Crippen molar-refractivity contribution in [3.8, 4) is 0 Å². The molecule has 1 aliphatic heterocycles. The van der Waals surface area contributed by atoms with Crippen LogP contribution in [0.3, 0.4) is 0 Å². The summed E-state index contributed by atoms with van der Waals surface area (Å²) in [6.07, 6.45) is 5.65. The minimum Gasteiger partial charge on any atom is -0.376 e. The van der Waals surface area contributed by atoms with Crippen LogP contribution in [0.25, 0.3) is 6.08 Å². The van der Waals surface area contributed by atoms with Gasteiger partial charge in [0.2, 0.25) is 0 Å². The number of amides is 3. The van der Waals surface area contributed by atoms with E-state index in [1.807, 2.05) is 79.7 Å². The van der Waals surface area contributed by atoms with Crippen LogP contribution in [0.5, 0.6) is 0 Å². The van der Waals surface area contributed by atoms with Crippen molar-refractivity contribution in [3.05, 3.63) is 72.3 Å². The fraction of sp³-hybridized carbons (Fsp3) is 0.273. The zero-order valence-corrected chi connectivity index (χ0v) is 15.5. The molecule has 2 aromatic carbocycles. The molecule has 0 bridgehead atoms. The molecule has 0 saturated carbocycles. The van der Waals surface area contributed by atoms with Crippen LogP contribution in [0.15, 0.2) is 66.7 Å². The van der Waals surface area contributed by atoms with Crippen LogP contribution >= 0.6 is 0 Å². The third kappa shape index (κ3) is 4.76. The molecule has 1 saturated heterocycles. The number of hydrogen-bond acceptors (Lipinski definition) is 3. The SMILES string of the molecule is CCCCN1C(=O)N[C@H]([C@@H](/C=C/c2ccccc2)Nc2ccccc2)C1=O. The number of urea groups is 1. The van der Waals surface area contributed by atoms with Crippen molar-refractivity contribution in [3.63, 3.8) is 0 Å². The Morgan fingerprint density at radius 3 is 2.41 bits per heavy atom. The second-order valence-electron chi connectivity index (χ2n) is 6.58. The van der Waals surface area contributed by atoms with Gasteiger partial charge in [-0.15, -0.1) is 0 Å². The summed E-state index contributed by atoms with van der Waals surface area (Å²) in [5.74, 6) is -0.181. The number of nitrogens with zero attached hydrogens (tertiary/aromatic N) is 1. The zero-order valence-electron chi connectivity index (χ0n) is 15.5. The monoisotopic (exact) mass is 363 g/mol. The van der Waals surface area contributed by atoms with Gasteiger partial charge in [-0.1, -0.05) is 74.0 Å². The topological polar surface area (TPSA) is 61.4 Å². The Morgan fingerprint density at radius 2 is 1.74 bits per heavy atom. The van der Waals surface area contributed by atoms with Crippen LogP contribution in [0.2, 0.25) is 0 Å². The summed E-state index contributed by atoms with van der Waals surface area (Å²) in [6.45, 7) is 2.50. The predicted molar refractivity (Wildman–Crippen MR) is 108 cm³/mol. The van der Waals surface area contributed by atoms with Crippen LogP contribution in [-0.2, 0) is 4.79 Å². The average Bonchev–Trinajstić information content (AvgIpc) is 2.98. The van der Waals surface area contributed by atoms with Crippen molar-refractivity contribution in [1.82, 2.24) is 10.2 Å². The first-order chi connectivity index (χ1) is 13.2. The molecular formula is C22H25N3O2. The van der Waals surface area contributed by atoms with Crippen LogP contribution in [0.4, 0.5) is 10.5 Å². The van der Waals surface area contributed by atoms with E-state index in [2.05, 4.69) is 10.6 Å². The zero-order chi connectivity index (χ0) is 19.1. The molecule has 140 valence electrons. The van der Waals surface area contributed by atoms with E-state index in [1.165, 1.54) is 4.90 Å². The highest BCUT2D eigenvalue weighted by Crippen LogP contribution is 2.17.